The number of hydrogen-bond acceptors (Lipinski definition) is 4. The van der Waals surface area contributed by atoms with Crippen LogP contribution < -0.4 is 0 Å². The van der Waals surface area contributed by atoms with Gasteiger partial charge in [0.1, 0.15) is 0 Å². The number of ether oxygens (including phenoxy) is 2. The molecule has 0 aliphatic rings. The Hall–Kier alpha value is -0.580. The second kappa shape index (κ2) is 9.21. The minimum atomic E-state index is -0.705. The van der Waals surface area contributed by atoms with Gasteiger partial charge in [-0.2, -0.15) is 0 Å². The molecule has 1 unspecified atom stereocenters. The first-order chi connectivity index (χ1) is 10.8. The summed E-state index contributed by atoms with van der Waals surface area (Å²) in [5.41, 5.74) is -1.14. The van der Waals surface area contributed by atoms with E-state index in [1.807, 2.05) is 41.5 Å². The highest BCUT2D eigenvalue weighted by Gasteiger charge is 2.49. The maximum absolute atomic E-state index is 12.6. The summed E-state index contributed by atoms with van der Waals surface area (Å²) < 4.78 is 10.3. The van der Waals surface area contributed by atoms with E-state index in [0.717, 1.165) is 12.8 Å². The molecule has 0 bridgehead atoms. The quantitative estimate of drug-likeness (QED) is 0.286. The fourth-order valence-corrected chi connectivity index (χ4v) is 2.73. The standard InChI is InChI=1S/C19H35BrO4/c1-9-11-12-24-15(21)14(19(7,8)20)13-17(3,4)18(5,6)16(22)23-10-2/h14H,9-13H2,1-8H3. The van der Waals surface area contributed by atoms with Crippen molar-refractivity contribution in [1.82, 2.24) is 0 Å². The molecule has 5 heteroatoms. The zero-order chi connectivity index (χ0) is 19.2. The summed E-state index contributed by atoms with van der Waals surface area (Å²) in [5, 5.41) is 0. The van der Waals surface area contributed by atoms with Crippen LogP contribution in [-0.4, -0.2) is 29.5 Å². The molecule has 0 aromatic heterocycles. The maximum Gasteiger partial charge on any atom is 0.312 e. The lowest BCUT2D eigenvalue weighted by molar-refractivity contribution is -0.164. The lowest BCUT2D eigenvalue weighted by Gasteiger charge is -2.43. The van der Waals surface area contributed by atoms with Crippen molar-refractivity contribution in [3.63, 3.8) is 0 Å². The van der Waals surface area contributed by atoms with Gasteiger partial charge in [-0.15, -0.1) is 0 Å². The number of alkyl halides is 1. The van der Waals surface area contributed by atoms with Gasteiger partial charge in [-0.25, -0.2) is 0 Å². The van der Waals surface area contributed by atoms with E-state index in [9.17, 15) is 9.59 Å². The molecular weight excluding hydrogens is 372 g/mol. The highest BCUT2D eigenvalue weighted by molar-refractivity contribution is 9.10. The van der Waals surface area contributed by atoms with Crippen molar-refractivity contribution in [3.8, 4) is 0 Å². The van der Waals surface area contributed by atoms with Crippen LogP contribution in [0.3, 0.4) is 0 Å². The molecule has 0 spiro atoms. The Morgan fingerprint density at radius 1 is 1.00 bits per heavy atom. The van der Waals surface area contributed by atoms with Gasteiger partial charge in [0, 0.05) is 4.32 Å². The van der Waals surface area contributed by atoms with E-state index >= 15 is 0 Å². The van der Waals surface area contributed by atoms with Crippen LogP contribution in [0.15, 0.2) is 0 Å². The molecule has 0 aliphatic carbocycles. The lowest BCUT2D eigenvalue weighted by atomic mass is 9.63. The molecule has 0 aromatic rings. The average Bonchev–Trinajstić information content (AvgIpc) is 2.43. The van der Waals surface area contributed by atoms with Crippen LogP contribution in [0.1, 0.15) is 74.7 Å². The van der Waals surface area contributed by atoms with E-state index in [-0.39, 0.29) is 17.9 Å². The summed E-state index contributed by atoms with van der Waals surface area (Å²) in [4.78, 5) is 25.0. The van der Waals surface area contributed by atoms with Crippen LogP contribution in [0.2, 0.25) is 0 Å². The van der Waals surface area contributed by atoms with Gasteiger partial charge < -0.3 is 9.47 Å². The molecule has 0 amide bonds. The molecule has 0 aromatic carbocycles. The normalized spacial score (nSPS) is 14.2. The summed E-state index contributed by atoms with van der Waals surface area (Å²) >= 11 is 3.62. The van der Waals surface area contributed by atoms with Gasteiger partial charge in [0.25, 0.3) is 0 Å². The Labute approximate surface area is 156 Å². The summed E-state index contributed by atoms with van der Waals surface area (Å²) in [5.74, 6) is -0.795. The van der Waals surface area contributed by atoms with E-state index in [1.165, 1.54) is 0 Å². The van der Waals surface area contributed by atoms with Crippen molar-refractivity contribution >= 4 is 27.9 Å². The number of unbranched alkanes of at least 4 members (excludes halogenated alkanes) is 1. The molecule has 0 N–H and O–H groups in total. The Morgan fingerprint density at radius 3 is 1.96 bits per heavy atom. The smallest absolute Gasteiger partial charge is 0.312 e. The Balaban J connectivity index is 5.32. The molecule has 0 rings (SSSR count). The highest BCUT2D eigenvalue weighted by atomic mass is 79.9. The van der Waals surface area contributed by atoms with Crippen LogP contribution in [0, 0.1) is 16.7 Å². The summed E-state index contributed by atoms with van der Waals surface area (Å²) in [7, 11) is 0. The third kappa shape index (κ3) is 6.38. The van der Waals surface area contributed by atoms with Crippen molar-refractivity contribution < 1.29 is 19.1 Å². The molecule has 142 valence electrons. The van der Waals surface area contributed by atoms with Crippen molar-refractivity contribution in [2.45, 2.75) is 79.0 Å². The highest BCUT2D eigenvalue weighted by Crippen LogP contribution is 2.47. The number of hydrogen-bond donors (Lipinski definition) is 0. The van der Waals surface area contributed by atoms with Crippen LogP contribution in [0.4, 0.5) is 0 Å². The van der Waals surface area contributed by atoms with Gasteiger partial charge in [0.05, 0.1) is 24.5 Å². The van der Waals surface area contributed by atoms with E-state index in [1.54, 1.807) is 6.92 Å². The van der Waals surface area contributed by atoms with E-state index < -0.39 is 15.2 Å². The molecule has 1 atom stereocenters. The van der Waals surface area contributed by atoms with Gasteiger partial charge in [-0.3, -0.25) is 9.59 Å². The fraction of sp³-hybridized carbons (Fsp3) is 0.895. The van der Waals surface area contributed by atoms with Gasteiger partial charge in [0.15, 0.2) is 0 Å². The molecule has 0 aliphatic heterocycles. The van der Waals surface area contributed by atoms with Gasteiger partial charge >= 0.3 is 11.9 Å². The molecule has 4 nitrogen and oxygen atoms in total. The number of rotatable bonds is 10. The predicted molar refractivity (Wildman–Crippen MR) is 101 cm³/mol. The van der Waals surface area contributed by atoms with Gasteiger partial charge in [-0.05, 0) is 52.9 Å². The first kappa shape index (κ1) is 23.4. The van der Waals surface area contributed by atoms with Crippen LogP contribution in [0.25, 0.3) is 0 Å². The van der Waals surface area contributed by atoms with Crippen LogP contribution in [0.5, 0.6) is 0 Å². The third-order valence-electron chi connectivity index (χ3n) is 5.05. The topological polar surface area (TPSA) is 52.6 Å². The van der Waals surface area contributed by atoms with Crippen molar-refractivity contribution in [3.05, 3.63) is 0 Å². The largest absolute Gasteiger partial charge is 0.466 e. The summed E-state index contributed by atoms with van der Waals surface area (Å²) in [6.45, 7) is 16.4. The molecule has 0 heterocycles. The van der Waals surface area contributed by atoms with Crippen molar-refractivity contribution in [2.75, 3.05) is 13.2 Å². The molecule has 0 fully saturated rings. The summed E-state index contributed by atoms with van der Waals surface area (Å²) in [6, 6.07) is 0. The Kier molecular flexibility index (Phi) is 8.99. The van der Waals surface area contributed by atoms with E-state index in [0.29, 0.717) is 19.6 Å². The van der Waals surface area contributed by atoms with E-state index in [2.05, 4.69) is 22.9 Å². The monoisotopic (exact) mass is 406 g/mol. The van der Waals surface area contributed by atoms with Gasteiger partial charge in [0.2, 0.25) is 0 Å². The lowest BCUT2D eigenvalue weighted by Crippen LogP contribution is -2.45. The number of halogens is 1. The SMILES string of the molecule is CCCCOC(=O)C(CC(C)(C)C(C)(C)C(=O)OCC)C(C)(C)Br. The number of esters is 2. The number of carbonyl (C=O) groups excluding carboxylic acids is 2. The molecule has 0 saturated carbocycles. The predicted octanol–water partition coefficient (Wildman–Crippen LogP) is 5.13. The first-order valence-electron chi connectivity index (χ1n) is 8.84. The van der Waals surface area contributed by atoms with Crippen LogP contribution in [-0.2, 0) is 19.1 Å². The molecule has 24 heavy (non-hydrogen) atoms. The molecular formula is C19H35BrO4. The van der Waals surface area contributed by atoms with Crippen molar-refractivity contribution in [1.29, 1.82) is 0 Å². The number of carbonyl (C=O) groups is 2. The second-order valence-electron chi connectivity index (χ2n) is 8.07. The Morgan fingerprint density at radius 2 is 1.54 bits per heavy atom. The molecule has 0 saturated heterocycles. The molecule has 0 radical (unpaired) electrons. The second-order valence-corrected chi connectivity index (χ2v) is 10.1. The zero-order valence-corrected chi connectivity index (χ0v) is 18.2. The Bertz CT molecular complexity index is 422. The fourth-order valence-electron chi connectivity index (χ4n) is 2.38. The first-order valence-corrected chi connectivity index (χ1v) is 9.63. The van der Waals surface area contributed by atoms with E-state index in [4.69, 9.17) is 9.47 Å². The maximum atomic E-state index is 12.6. The minimum Gasteiger partial charge on any atom is -0.466 e. The third-order valence-corrected chi connectivity index (χ3v) is 5.60. The summed E-state index contributed by atoms with van der Waals surface area (Å²) in [6.07, 6.45) is 2.37. The van der Waals surface area contributed by atoms with Crippen molar-refractivity contribution in [2.24, 2.45) is 16.7 Å². The van der Waals surface area contributed by atoms with Crippen LogP contribution >= 0.6 is 15.9 Å². The average molecular weight is 407 g/mol. The minimum absolute atomic E-state index is 0.210. The van der Waals surface area contributed by atoms with Gasteiger partial charge in [-0.1, -0.05) is 43.1 Å². The zero-order valence-electron chi connectivity index (χ0n) is 16.6.